The number of hydrogen-bond donors (Lipinski definition) is 2. The number of hydrogen-bond acceptors (Lipinski definition) is 2. The Labute approximate surface area is 103 Å². The van der Waals surface area contributed by atoms with E-state index in [0.29, 0.717) is 10.6 Å². The largest absolute Gasteiger partial charge is 0.507 e. The second-order valence-corrected chi connectivity index (χ2v) is 3.93. The van der Waals surface area contributed by atoms with Gasteiger partial charge < -0.3 is 10.2 Å². The Morgan fingerprint density at radius 2 is 1.76 bits per heavy atom. The zero-order valence-electron chi connectivity index (χ0n) is 8.72. The number of aromatic hydroxyl groups is 1. The van der Waals surface area contributed by atoms with Crippen LogP contribution >= 0.6 is 11.6 Å². The van der Waals surface area contributed by atoms with Crippen molar-refractivity contribution in [2.45, 2.75) is 0 Å². The van der Waals surface area contributed by atoms with Gasteiger partial charge in [0.1, 0.15) is 11.3 Å². The van der Waals surface area contributed by atoms with Crippen molar-refractivity contribution in [2.24, 2.45) is 0 Å². The van der Waals surface area contributed by atoms with Gasteiger partial charge in [-0.2, -0.15) is 0 Å². The van der Waals surface area contributed by atoms with Gasteiger partial charge in [0, 0.05) is 10.6 Å². The van der Waals surface area contributed by atoms with Crippen LogP contribution in [0.4, 0.5) is 0 Å². The van der Waals surface area contributed by atoms with E-state index in [0.717, 1.165) is 5.56 Å². The van der Waals surface area contributed by atoms with Gasteiger partial charge in [0.25, 0.3) is 0 Å². The monoisotopic (exact) mass is 248 g/mol. The van der Waals surface area contributed by atoms with Crippen LogP contribution in [0.1, 0.15) is 10.4 Å². The Morgan fingerprint density at radius 1 is 1.12 bits per heavy atom. The van der Waals surface area contributed by atoms with Crippen molar-refractivity contribution >= 4 is 17.6 Å². The molecule has 0 radical (unpaired) electrons. The lowest BCUT2D eigenvalue weighted by Gasteiger charge is -2.07. The van der Waals surface area contributed by atoms with Gasteiger partial charge in [-0.3, -0.25) is 0 Å². The highest BCUT2D eigenvalue weighted by atomic mass is 35.5. The average Bonchev–Trinajstić information content (AvgIpc) is 2.32. The van der Waals surface area contributed by atoms with Crippen molar-refractivity contribution in [1.82, 2.24) is 0 Å². The second kappa shape index (κ2) is 4.47. The van der Waals surface area contributed by atoms with Crippen molar-refractivity contribution in [3.8, 4) is 16.9 Å². The number of halogens is 1. The first-order valence-electron chi connectivity index (χ1n) is 4.91. The summed E-state index contributed by atoms with van der Waals surface area (Å²) in [5.74, 6) is -1.50. The molecule has 0 aliphatic rings. The third-order valence-electron chi connectivity index (χ3n) is 2.40. The summed E-state index contributed by atoms with van der Waals surface area (Å²) in [5.41, 5.74) is 1.23. The van der Waals surface area contributed by atoms with Crippen molar-refractivity contribution in [3.05, 3.63) is 53.1 Å². The van der Waals surface area contributed by atoms with Gasteiger partial charge in [0.2, 0.25) is 0 Å². The van der Waals surface area contributed by atoms with Crippen LogP contribution in [0.15, 0.2) is 42.5 Å². The molecule has 0 aliphatic carbocycles. The van der Waals surface area contributed by atoms with Gasteiger partial charge in [-0.05, 0) is 17.7 Å². The highest BCUT2D eigenvalue weighted by molar-refractivity contribution is 6.33. The highest BCUT2D eigenvalue weighted by Crippen LogP contribution is 2.33. The van der Waals surface area contributed by atoms with Gasteiger partial charge >= 0.3 is 5.97 Å². The first-order chi connectivity index (χ1) is 8.09. The van der Waals surface area contributed by atoms with Gasteiger partial charge in [0.15, 0.2) is 0 Å². The third kappa shape index (κ3) is 2.24. The standard InChI is InChI=1S/C13H9ClO3/c14-11-6-10(13(16)17)12(15)7-9(11)8-4-2-1-3-5-8/h1-7,15H,(H,16,17). The lowest BCUT2D eigenvalue weighted by atomic mass is 10.0. The molecule has 0 saturated carbocycles. The zero-order valence-corrected chi connectivity index (χ0v) is 9.48. The van der Waals surface area contributed by atoms with E-state index in [1.807, 2.05) is 30.3 Å². The fourth-order valence-corrected chi connectivity index (χ4v) is 1.84. The molecule has 0 atom stereocenters. The third-order valence-corrected chi connectivity index (χ3v) is 2.71. The molecule has 0 heterocycles. The van der Waals surface area contributed by atoms with E-state index in [4.69, 9.17) is 16.7 Å². The predicted molar refractivity (Wildman–Crippen MR) is 65.5 cm³/mol. The Morgan fingerprint density at radius 3 is 2.35 bits per heavy atom. The molecule has 17 heavy (non-hydrogen) atoms. The molecular formula is C13H9ClO3. The minimum absolute atomic E-state index is 0.199. The summed E-state index contributed by atoms with van der Waals surface area (Å²) in [7, 11) is 0. The van der Waals surface area contributed by atoms with E-state index in [1.165, 1.54) is 12.1 Å². The first-order valence-corrected chi connectivity index (χ1v) is 5.28. The molecule has 2 rings (SSSR count). The maximum atomic E-state index is 10.8. The maximum Gasteiger partial charge on any atom is 0.339 e. The molecule has 0 bridgehead atoms. The summed E-state index contributed by atoms with van der Waals surface area (Å²) in [6.07, 6.45) is 0. The molecule has 4 heteroatoms. The molecule has 0 fully saturated rings. The predicted octanol–water partition coefficient (Wildman–Crippen LogP) is 3.41. The van der Waals surface area contributed by atoms with Crippen LogP contribution in [0.25, 0.3) is 11.1 Å². The number of aromatic carboxylic acids is 1. The fourth-order valence-electron chi connectivity index (χ4n) is 1.57. The summed E-state index contributed by atoms with van der Waals surface area (Å²) in [6, 6.07) is 11.8. The van der Waals surface area contributed by atoms with E-state index >= 15 is 0 Å². The Kier molecular flexibility index (Phi) is 3.02. The van der Waals surface area contributed by atoms with Gasteiger partial charge in [-0.15, -0.1) is 0 Å². The van der Waals surface area contributed by atoms with Crippen LogP contribution in [0.2, 0.25) is 5.02 Å². The minimum atomic E-state index is -1.20. The first kappa shape index (κ1) is 11.5. The number of benzene rings is 2. The van der Waals surface area contributed by atoms with E-state index in [1.54, 1.807) is 0 Å². The number of carboxylic acids is 1. The van der Waals surface area contributed by atoms with Gasteiger partial charge in [-0.1, -0.05) is 41.9 Å². The van der Waals surface area contributed by atoms with Crippen LogP contribution in [-0.2, 0) is 0 Å². The van der Waals surface area contributed by atoms with Crippen LogP contribution in [-0.4, -0.2) is 16.2 Å². The maximum absolute atomic E-state index is 10.8. The Bertz CT molecular complexity index is 564. The minimum Gasteiger partial charge on any atom is -0.507 e. The molecule has 2 aromatic rings. The van der Waals surface area contributed by atoms with Crippen molar-refractivity contribution < 1.29 is 15.0 Å². The molecule has 2 aromatic carbocycles. The average molecular weight is 249 g/mol. The van der Waals surface area contributed by atoms with Gasteiger partial charge in [-0.25, -0.2) is 4.79 Å². The van der Waals surface area contributed by atoms with E-state index < -0.39 is 5.97 Å². The number of carboxylic acid groups (broad SMARTS) is 1. The highest BCUT2D eigenvalue weighted by Gasteiger charge is 2.14. The molecule has 0 unspecified atom stereocenters. The van der Waals surface area contributed by atoms with Crippen LogP contribution in [0, 0.1) is 0 Å². The molecule has 0 amide bonds. The Hall–Kier alpha value is -2.00. The number of carbonyl (C=O) groups is 1. The molecule has 3 nitrogen and oxygen atoms in total. The Balaban J connectivity index is 2.58. The molecule has 0 aliphatic heterocycles. The number of phenols is 1. The van der Waals surface area contributed by atoms with Crippen molar-refractivity contribution in [3.63, 3.8) is 0 Å². The molecular weight excluding hydrogens is 240 g/mol. The summed E-state index contributed by atoms with van der Waals surface area (Å²) >= 11 is 6.01. The molecule has 86 valence electrons. The molecule has 0 saturated heterocycles. The van der Waals surface area contributed by atoms with E-state index in [-0.39, 0.29) is 11.3 Å². The lowest BCUT2D eigenvalue weighted by Crippen LogP contribution is -1.97. The number of rotatable bonds is 2. The fraction of sp³-hybridized carbons (Fsp3) is 0. The quantitative estimate of drug-likeness (QED) is 0.856. The summed E-state index contributed by atoms with van der Waals surface area (Å²) in [4.78, 5) is 10.8. The van der Waals surface area contributed by atoms with Crippen LogP contribution in [0.5, 0.6) is 5.75 Å². The normalized spacial score (nSPS) is 10.2. The van der Waals surface area contributed by atoms with E-state index in [9.17, 15) is 9.90 Å². The second-order valence-electron chi connectivity index (χ2n) is 3.52. The van der Waals surface area contributed by atoms with Gasteiger partial charge in [0.05, 0.1) is 0 Å². The van der Waals surface area contributed by atoms with Crippen LogP contribution in [0.3, 0.4) is 0 Å². The summed E-state index contributed by atoms with van der Waals surface area (Å²) in [5, 5.41) is 18.7. The lowest BCUT2D eigenvalue weighted by molar-refractivity contribution is 0.0694. The summed E-state index contributed by atoms with van der Waals surface area (Å²) < 4.78 is 0. The zero-order chi connectivity index (χ0) is 12.4. The van der Waals surface area contributed by atoms with Crippen molar-refractivity contribution in [1.29, 1.82) is 0 Å². The topological polar surface area (TPSA) is 57.5 Å². The molecule has 0 aromatic heterocycles. The molecule has 2 N–H and O–H groups in total. The van der Waals surface area contributed by atoms with E-state index in [2.05, 4.69) is 0 Å². The van der Waals surface area contributed by atoms with Crippen molar-refractivity contribution in [2.75, 3.05) is 0 Å². The SMILES string of the molecule is O=C(O)c1cc(Cl)c(-c2ccccc2)cc1O. The van der Waals surface area contributed by atoms with Crippen LogP contribution < -0.4 is 0 Å². The smallest absolute Gasteiger partial charge is 0.339 e. The molecule has 0 spiro atoms. The summed E-state index contributed by atoms with van der Waals surface area (Å²) in [6.45, 7) is 0.